The third kappa shape index (κ3) is 3.21. The quantitative estimate of drug-likeness (QED) is 0.635. The summed E-state index contributed by atoms with van der Waals surface area (Å²) in [5.74, 6) is 0. The van der Waals surface area contributed by atoms with Gasteiger partial charge in [-0.1, -0.05) is 11.6 Å². The summed E-state index contributed by atoms with van der Waals surface area (Å²) >= 11 is 5.65. The van der Waals surface area contributed by atoms with Crippen LogP contribution in [-0.4, -0.2) is 32.5 Å². The fourth-order valence-corrected chi connectivity index (χ4v) is 3.49. The highest BCUT2D eigenvalue weighted by molar-refractivity contribution is 7.89. The molecular weight excluding hydrogens is 294 g/mol. The number of benzene rings is 1. The van der Waals surface area contributed by atoms with Crippen molar-refractivity contribution in [2.75, 3.05) is 13.1 Å². The highest BCUT2D eigenvalue weighted by atomic mass is 35.5. The Morgan fingerprint density at radius 2 is 2.21 bits per heavy atom. The molecule has 1 aromatic rings. The Balaban J connectivity index is 2.36. The van der Waals surface area contributed by atoms with Crippen molar-refractivity contribution in [2.24, 2.45) is 0 Å². The second kappa shape index (κ2) is 5.41. The van der Waals surface area contributed by atoms with Gasteiger partial charge in [-0.05, 0) is 25.1 Å². The number of nitro benzene ring substituents is 1. The summed E-state index contributed by atoms with van der Waals surface area (Å²) in [5, 5.41) is 14.0. The third-order valence-corrected chi connectivity index (χ3v) is 4.59. The number of nitrogens with one attached hydrogen (secondary N) is 2. The topological polar surface area (TPSA) is 101 Å². The maximum atomic E-state index is 12.1. The van der Waals surface area contributed by atoms with E-state index in [0.29, 0.717) is 13.0 Å². The number of sulfonamides is 1. The first kappa shape index (κ1) is 14.2. The van der Waals surface area contributed by atoms with Gasteiger partial charge in [-0.25, -0.2) is 13.1 Å². The van der Waals surface area contributed by atoms with E-state index in [9.17, 15) is 18.5 Å². The van der Waals surface area contributed by atoms with Crippen LogP contribution in [0, 0.1) is 10.1 Å². The second-order valence-electron chi connectivity index (χ2n) is 4.18. The SMILES string of the molecule is O=[N+]([O-])c1cc(Cl)ccc1S(=O)(=O)N[C@@H]1CCNC1. The van der Waals surface area contributed by atoms with Gasteiger partial charge in [0.25, 0.3) is 5.69 Å². The summed E-state index contributed by atoms with van der Waals surface area (Å²) in [6.45, 7) is 1.23. The molecule has 1 fully saturated rings. The van der Waals surface area contributed by atoms with Gasteiger partial charge in [0, 0.05) is 23.7 Å². The standard InChI is InChI=1S/C10H12ClN3O4S/c11-7-1-2-10(9(5-7)14(15)16)19(17,18)13-8-3-4-12-6-8/h1-2,5,8,12-13H,3-4,6H2/t8-/m1/s1. The van der Waals surface area contributed by atoms with Crippen molar-refractivity contribution in [2.45, 2.75) is 17.4 Å². The molecule has 0 unspecified atom stereocenters. The molecule has 7 nitrogen and oxygen atoms in total. The molecule has 2 rings (SSSR count). The van der Waals surface area contributed by atoms with Crippen LogP contribution in [0.1, 0.15) is 6.42 Å². The van der Waals surface area contributed by atoms with E-state index in [2.05, 4.69) is 10.0 Å². The Bertz CT molecular complexity index is 599. The minimum Gasteiger partial charge on any atom is -0.315 e. The molecule has 2 N–H and O–H groups in total. The summed E-state index contributed by atoms with van der Waals surface area (Å²) in [6, 6.07) is 3.24. The molecule has 1 saturated heterocycles. The maximum Gasteiger partial charge on any atom is 0.290 e. The molecule has 1 aliphatic rings. The largest absolute Gasteiger partial charge is 0.315 e. The molecule has 0 spiro atoms. The van der Waals surface area contributed by atoms with Crippen LogP contribution < -0.4 is 10.0 Å². The smallest absolute Gasteiger partial charge is 0.290 e. The van der Waals surface area contributed by atoms with Crippen molar-refractivity contribution < 1.29 is 13.3 Å². The van der Waals surface area contributed by atoms with Gasteiger partial charge < -0.3 is 5.32 Å². The average Bonchev–Trinajstić information content (AvgIpc) is 2.80. The predicted octanol–water partition coefficient (Wildman–Crippen LogP) is 0.888. The monoisotopic (exact) mass is 305 g/mol. The van der Waals surface area contributed by atoms with Crippen molar-refractivity contribution >= 4 is 27.3 Å². The zero-order chi connectivity index (χ0) is 14.0. The van der Waals surface area contributed by atoms with Crippen molar-refractivity contribution in [1.29, 1.82) is 0 Å². The van der Waals surface area contributed by atoms with Gasteiger partial charge in [-0.2, -0.15) is 0 Å². The van der Waals surface area contributed by atoms with Gasteiger partial charge in [-0.15, -0.1) is 0 Å². The normalized spacial score (nSPS) is 19.5. The molecule has 0 aliphatic carbocycles. The van der Waals surface area contributed by atoms with Gasteiger partial charge in [-0.3, -0.25) is 10.1 Å². The van der Waals surface area contributed by atoms with Crippen LogP contribution in [0.5, 0.6) is 0 Å². The van der Waals surface area contributed by atoms with E-state index in [4.69, 9.17) is 11.6 Å². The molecule has 104 valence electrons. The summed E-state index contributed by atoms with van der Waals surface area (Å²) in [7, 11) is -3.93. The first-order chi connectivity index (χ1) is 8.90. The first-order valence-electron chi connectivity index (χ1n) is 5.57. The van der Waals surface area contributed by atoms with E-state index in [1.54, 1.807) is 0 Å². The van der Waals surface area contributed by atoms with E-state index in [-0.39, 0.29) is 16.0 Å². The zero-order valence-electron chi connectivity index (χ0n) is 9.80. The Hall–Kier alpha value is -1.22. The summed E-state index contributed by atoms with van der Waals surface area (Å²) in [6.07, 6.45) is 0.653. The molecule has 0 aromatic heterocycles. The summed E-state index contributed by atoms with van der Waals surface area (Å²) in [5.41, 5.74) is -0.522. The Morgan fingerprint density at radius 3 is 2.79 bits per heavy atom. The molecule has 1 heterocycles. The van der Waals surface area contributed by atoms with Crippen molar-refractivity contribution in [3.05, 3.63) is 33.3 Å². The van der Waals surface area contributed by atoms with Gasteiger partial charge in [0.05, 0.1) is 4.92 Å². The predicted molar refractivity (Wildman–Crippen MR) is 69.7 cm³/mol. The molecule has 1 aliphatic heterocycles. The van der Waals surface area contributed by atoms with Crippen LogP contribution in [0.15, 0.2) is 23.1 Å². The highest BCUT2D eigenvalue weighted by Gasteiger charge is 2.29. The van der Waals surface area contributed by atoms with E-state index in [1.807, 2.05) is 0 Å². The van der Waals surface area contributed by atoms with Crippen LogP contribution >= 0.6 is 11.6 Å². The number of hydrogen-bond acceptors (Lipinski definition) is 5. The van der Waals surface area contributed by atoms with E-state index >= 15 is 0 Å². The number of nitrogens with zero attached hydrogens (tertiary/aromatic N) is 1. The van der Waals surface area contributed by atoms with E-state index < -0.39 is 20.6 Å². The number of nitro groups is 1. The fourth-order valence-electron chi connectivity index (χ4n) is 1.90. The Morgan fingerprint density at radius 1 is 1.47 bits per heavy atom. The first-order valence-corrected chi connectivity index (χ1v) is 7.43. The lowest BCUT2D eigenvalue weighted by molar-refractivity contribution is -0.387. The van der Waals surface area contributed by atoms with Crippen molar-refractivity contribution in [1.82, 2.24) is 10.0 Å². The minimum absolute atomic E-state index is 0.119. The Kier molecular flexibility index (Phi) is 4.04. The van der Waals surface area contributed by atoms with Crippen molar-refractivity contribution in [3.8, 4) is 0 Å². The highest BCUT2D eigenvalue weighted by Crippen LogP contribution is 2.27. The maximum absolute atomic E-state index is 12.1. The second-order valence-corrected chi connectivity index (χ2v) is 6.30. The number of rotatable bonds is 4. The fraction of sp³-hybridized carbons (Fsp3) is 0.400. The van der Waals surface area contributed by atoms with Gasteiger partial charge in [0.2, 0.25) is 10.0 Å². The van der Waals surface area contributed by atoms with Crippen LogP contribution in [0.25, 0.3) is 0 Å². The minimum atomic E-state index is -3.93. The third-order valence-electron chi connectivity index (χ3n) is 2.79. The molecule has 19 heavy (non-hydrogen) atoms. The average molecular weight is 306 g/mol. The Labute approximate surface area is 115 Å². The lowest BCUT2D eigenvalue weighted by Gasteiger charge is -2.12. The lowest BCUT2D eigenvalue weighted by Crippen LogP contribution is -2.36. The van der Waals surface area contributed by atoms with Crippen LogP contribution in [0.4, 0.5) is 5.69 Å². The van der Waals surface area contributed by atoms with E-state index in [1.165, 1.54) is 6.07 Å². The van der Waals surface area contributed by atoms with Crippen LogP contribution in [-0.2, 0) is 10.0 Å². The van der Waals surface area contributed by atoms with Gasteiger partial charge in [0.15, 0.2) is 4.90 Å². The molecule has 0 amide bonds. The van der Waals surface area contributed by atoms with Crippen molar-refractivity contribution in [3.63, 3.8) is 0 Å². The molecule has 0 saturated carbocycles. The zero-order valence-corrected chi connectivity index (χ0v) is 11.4. The molecule has 1 atom stereocenters. The molecular formula is C10H12ClN3O4S. The number of hydrogen-bond donors (Lipinski definition) is 2. The summed E-state index contributed by atoms with van der Waals surface area (Å²) < 4.78 is 26.7. The number of halogens is 1. The molecule has 0 radical (unpaired) electrons. The van der Waals surface area contributed by atoms with Gasteiger partial charge >= 0.3 is 0 Å². The molecule has 9 heteroatoms. The summed E-state index contributed by atoms with van der Waals surface area (Å²) in [4.78, 5) is 9.78. The van der Waals surface area contributed by atoms with Crippen LogP contribution in [0.3, 0.4) is 0 Å². The molecule has 0 bridgehead atoms. The molecule has 1 aromatic carbocycles. The van der Waals surface area contributed by atoms with Gasteiger partial charge in [0.1, 0.15) is 0 Å². The van der Waals surface area contributed by atoms with Crippen LogP contribution in [0.2, 0.25) is 5.02 Å². The van der Waals surface area contributed by atoms with E-state index in [0.717, 1.165) is 18.7 Å². The lowest BCUT2D eigenvalue weighted by atomic mass is 10.3.